The first kappa shape index (κ1) is 15.2. The molecule has 1 aromatic rings. The van der Waals surface area contributed by atoms with Crippen molar-refractivity contribution in [3.63, 3.8) is 0 Å². The van der Waals surface area contributed by atoms with Gasteiger partial charge in [0.05, 0.1) is 7.11 Å². The van der Waals surface area contributed by atoms with Crippen molar-refractivity contribution < 1.29 is 14.3 Å². The Morgan fingerprint density at radius 3 is 2.81 bits per heavy atom. The summed E-state index contributed by atoms with van der Waals surface area (Å²) in [5.41, 5.74) is 6.96. The molecule has 1 aliphatic rings. The van der Waals surface area contributed by atoms with E-state index >= 15 is 0 Å². The van der Waals surface area contributed by atoms with Crippen LogP contribution in [0.1, 0.15) is 18.4 Å². The summed E-state index contributed by atoms with van der Waals surface area (Å²) in [6, 6.07) is 4.75. The maximum atomic E-state index is 12.1. The monoisotopic (exact) mass is 307 g/mol. The number of hydrogen-bond donors (Lipinski definition) is 2. The highest BCUT2D eigenvalue weighted by Crippen LogP contribution is 2.25. The lowest BCUT2D eigenvalue weighted by Gasteiger charge is -2.29. The van der Waals surface area contributed by atoms with E-state index in [2.05, 4.69) is 5.32 Å². The first-order valence-corrected chi connectivity index (χ1v) is 6.89. The van der Waals surface area contributed by atoms with Crippen LogP contribution >= 0.6 is 12.2 Å². The van der Waals surface area contributed by atoms with Crippen LogP contribution in [0.4, 0.5) is 5.69 Å². The third-order valence-electron chi connectivity index (χ3n) is 3.47. The number of amides is 2. The Kier molecular flexibility index (Phi) is 4.42. The van der Waals surface area contributed by atoms with Gasteiger partial charge in [-0.2, -0.15) is 0 Å². The molecule has 1 aliphatic heterocycles. The van der Waals surface area contributed by atoms with Crippen LogP contribution in [0, 0.1) is 0 Å². The second kappa shape index (κ2) is 6.09. The van der Waals surface area contributed by atoms with E-state index in [0.717, 1.165) is 4.90 Å². The molecule has 0 spiro atoms. The molecular formula is C14H17N3O3S. The van der Waals surface area contributed by atoms with Gasteiger partial charge in [0, 0.05) is 30.8 Å². The van der Waals surface area contributed by atoms with Gasteiger partial charge in [-0.3, -0.25) is 14.5 Å². The highest BCUT2D eigenvalue weighted by Gasteiger charge is 2.32. The molecule has 0 saturated carbocycles. The number of likely N-dealkylation sites (tertiary alicyclic amines) is 1. The van der Waals surface area contributed by atoms with Crippen molar-refractivity contribution in [1.29, 1.82) is 0 Å². The molecule has 1 saturated heterocycles. The summed E-state index contributed by atoms with van der Waals surface area (Å²) in [7, 11) is 3.04. The Bertz CT molecular complexity index is 603. The number of ether oxygens (including phenoxy) is 1. The molecule has 1 aromatic carbocycles. The number of methoxy groups -OCH3 is 1. The largest absolute Gasteiger partial charge is 0.497 e. The van der Waals surface area contributed by atoms with E-state index in [-0.39, 0.29) is 16.8 Å². The maximum absolute atomic E-state index is 12.1. The van der Waals surface area contributed by atoms with E-state index in [9.17, 15) is 9.59 Å². The zero-order valence-corrected chi connectivity index (χ0v) is 12.7. The molecule has 0 radical (unpaired) electrons. The number of nitrogens with zero attached hydrogens (tertiary/aromatic N) is 1. The van der Waals surface area contributed by atoms with E-state index in [1.54, 1.807) is 25.3 Å². The van der Waals surface area contributed by atoms with Crippen LogP contribution in [-0.4, -0.2) is 41.9 Å². The smallest absolute Gasteiger partial charge is 0.251 e. The predicted octanol–water partition coefficient (Wildman–Crippen LogP) is 0.889. The van der Waals surface area contributed by atoms with Crippen molar-refractivity contribution in [2.75, 3.05) is 19.5 Å². The van der Waals surface area contributed by atoms with Gasteiger partial charge in [0.15, 0.2) is 0 Å². The maximum Gasteiger partial charge on any atom is 0.251 e. The Hall–Kier alpha value is -2.15. The van der Waals surface area contributed by atoms with Crippen LogP contribution in [0.25, 0.3) is 0 Å². The molecule has 2 amide bonds. The Labute approximate surface area is 128 Å². The zero-order chi connectivity index (χ0) is 15.6. The van der Waals surface area contributed by atoms with Crippen LogP contribution in [-0.2, 0) is 9.59 Å². The van der Waals surface area contributed by atoms with Crippen LogP contribution < -0.4 is 15.8 Å². The summed E-state index contributed by atoms with van der Waals surface area (Å²) >= 11 is 5.02. The third-order valence-corrected chi connectivity index (χ3v) is 3.69. The van der Waals surface area contributed by atoms with E-state index in [1.807, 2.05) is 0 Å². The number of anilines is 1. The lowest BCUT2D eigenvalue weighted by atomic mass is 10.0. The van der Waals surface area contributed by atoms with Gasteiger partial charge in [0.1, 0.15) is 16.8 Å². The molecule has 112 valence electrons. The number of carbonyl (C=O) groups excluding carboxylic acids is 2. The third kappa shape index (κ3) is 3.13. The van der Waals surface area contributed by atoms with Crippen molar-refractivity contribution in [3.05, 3.63) is 23.8 Å². The van der Waals surface area contributed by atoms with E-state index in [0.29, 0.717) is 29.8 Å². The van der Waals surface area contributed by atoms with Gasteiger partial charge in [-0.15, -0.1) is 0 Å². The molecule has 2 rings (SSSR count). The van der Waals surface area contributed by atoms with Gasteiger partial charge in [-0.05, 0) is 18.6 Å². The summed E-state index contributed by atoms with van der Waals surface area (Å²) in [6.45, 7) is 0. The molecule has 0 aromatic heterocycles. The predicted molar refractivity (Wildman–Crippen MR) is 83.3 cm³/mol. The number of rotatable bonds is 4. The molecule has 0 bridgehead atoms. The van der Waals surface area contributed by atoms with Crippen LogP contribution in [0.5, 0.6) is 5.75 Å². The number of carbonyl (C=O) groups is 2. The molecule has 1 heterocycles. The average Bonchev–Trinajstić information content (AvgIpc) is 2.47. The lowest BCUT2D eigenvalue weighted by molar-refractivity contribution is -0.146. The Morgan fingerprint density at radius 1 is 1.48 bits per heavy atom. The highest BCUT2D eigenvalue weighted by molar-refractivity contribution is 7.80. The van der Waals surface area contributed by atoms with Gasteiger partial charge < -0.3 is 15.8 Å². The molecule has 6 nitrogen and oxygen atoms in total. The number of thiocarbonyl (C=S) groups is 1. The second-order valence-corrected chi connectivity index (χ2v) is 5.24. The fourth-order valence-electron chi connectivity index (χ4n) is 2.22. The first-order chi connectivity index (χ1) is 9.93. The number of benzene rings is 1. The Balaban J connectivity index is 2.28. The normalized spacial score (nSPS) is 18.6. The SMILES string of the molecule is COc1ccc(C(N)=S)c(NC2CCC(=O)N(C)C2=O)c1. The Morgan fingerprint density at radius 2 is 2.19 bits per heavy atom. The molecule has 1 unspecified atom stereocenters. The summed E-state index contributed by atoms with van der Waals surface area (Å²) in [6.07, 6.45) is 0.766. The van der Waals surface area contributed by atoms with Crippen molar-refractivity contribution >= 4 is 34.7 Å². The molecule has 1 atom stereocenters. The van der Waals surface area contributed by atoms with Crippen LogP contribution in [0.15, 0.2) is 18.2 Å². The van der Waals surface area contributed by atoms with Gasteiger partial charge in [0.25, 0.3) is 5.91 Å². The van der Waals surface area contributed by atoms with Crippen molar-refractivity contribution in [3.8, 4) is 5.75 Å². The number of imide groups is 1. The fraction of sp³-hybridized carbons (Fsp3) is 0.357. The van der Waals surface area contributed by atoms with Crippen molar-refractivity contribution in [2.45, 2.75) is 18.9 Å². The van der Waals surface area contributed by atoms with Crippen LogP contribution in [0.2, 0.25) is 0 Å². The first-order valence-electron chi connectivity index (χ1n) is 6.49. The zero-order valence-electron chi connectivity index (χ0n) is 11.9. The minimum Gasteiger partial charge on any atom is -0.497 e. The quantitative estimate of drug-likeness (QED) is 0.635. The van der Waals surface area contributed by atoms with Gasteiger partial charge in [-0.1, -0.05) is 12.2 Å². The number of hydrogen-bond acceptors (Lipinski definition) is 5. The molecule has 0 aliphatic carbocycles. The summed E-state index contributed by atoms with van der Waals surface area (Å²) < 4.78 is 5.17. The standard InChI is InChI=1S/C14H17N3O3S/c1-17-12(18)6-5-10(14(17)19)16-11-7-8(20-2)3-4-9(11)13(15)21/h3-4,7,10,16H,5-6H2,1-2H3,(H2,15,21). The van der Waals surface area contributed by atoms with E-state index in [4.69, 9.17) is 22.7 Å². The van der Waals surface area contributed by atoms with Gasteiger partial charge in [0.2, 0.25) is 5.91 Å². The van der Waals surface area contributed by atoms with Crippen molar-refractivity contribution in [1.82, 2.24) is 4.90 Å². The lowest BCUT2D eigenvalue weighted by Crippen LogP contribution is -2.48. The number of likely N-dealkylation sites (N-methyl/N-ethyl adjacent to an activating group) is 1. The molecule has 21 heavy (non-hydrogen) atoms. The second-order valence-electron chi connectivity index (χ2n) is 4.80. The van der Waals surface area contributed by atoms with E-state index in [1.165, 1.54) is 7.05 Å². The molecule has 7 heteroatoms. The average molecular weight is 307 g/mol. The molecule has 3 N–H and O–H groups in total. The highest BCUT2D eigenvalue weighted by atomic mass is 32.1. The van der Waals surface area contributed by atoms with Gasteiger partial charge >= 0.3 is 0 Å². The van der Waals surface area contributed by atoms with E-state index < -0.39 is 6.04 Å². The number of nitrogens with two attached hydrogens (primary N) is 1. The minimum atomic E-state index is -0.479. The molecule has 1 fully saturated rings. The summed E-state index contributed by atoms with van der Waals surface area (Å²) in [4.78, 5) is 25.0. The van der Waals surface area contributed by atoms with Crippen molar-refractivity contribution in [2.24, 2.45) is 5.73 Å². The number of piperidine rings is 1. The summed E-state index contributed by atoms with van der Waals surface area (Å²) in [5, 5.41) is 3.12. The minimum absolute atomic E-state index is 0.168. The number of nitrogens with one attached hydrogen (secondary N) is 1. The molecular weight excluding hydrogens is 290 g/mol. The fourth-order valence-corrected chi connectivity index (χ4v) is 2.40. The van der Waals surface area contributed by atoms with Gasteiger partial charge in [-0.25, -0.2) is 0 Å². The topological polar surface area (TPSA) is 84.7 Å². The summed E-state index contributed by atoms with van der Waals surface area (Å²) in [5.74, 6) is 0.200. The van der Waals surface area contributed by atoms with Crippen LogP contribution in [0.3, 0.4) is 0 Å².